The summed E-state index contributed by atoms with van der Waals surface area (Å²) >= 11 is 0. The van der Waals surface area contributed by atoms with Gasteiger partial charge in [0, 0.05) is 18.1 Å². The Balaban J connectivity index is 2.04. The fourth-order valence-corrected chi connectivity index (χ4v) is 2.77. The third kappa shape index (κ3) is 3.05. The average Bonchev–Trinajstić information content (AvgIpc) is 2.94. The predicted molar refractivity (Wildman–Crippen MR) is 90.3 cm³/mol. The van der Waals surface area contributed by atoms with Gasteiger partial charge in [0.2, 0.25) is 0 Å². The van der Waals surface area contributed by atoms with Crippen LogP contribution in [-0.4, -0.2) is 22.1 Å². The Morgan fingerprint density at radius 1 is 1.28 bits per heavy atom. The van der Waals surface area contributed by atoms with Gasteiger partial charge in [-0.05, 0) is 37.6 Å². The normalized spacial score (nSPS) is 11.0. The SMILES string of the molecule is CCOC(=O)c1c(C)nc2c(ccn2Cc2ccc(F)c(F)c2)c1N. The van der Waals surface area contributed by atoms with E-state index in [9.17, 15) is 13.6 Å². The van der Waals surface area contributed by atoms with Crippen LogP contribution in [0.2, 0.25) is 0 Å². The molecule has 0 aliphatic rings. The van der Waals surface area contributed by atoms with Crippen molar-refractivity contribution >= 4 is 22.7 Å². The van der Waals surface area contributed by atoms with E-state index in [2.05, 4.69) is 4.98 Å². The lowest BCUT2D eigenvalue weighted by Crippen LogP contribution is -2.12. The number of nitrogen functional groups attached to an aromatic ring is 1. The van der Waals surface area contributed by atoms with Crippen LogP contribution < -0.4 is 5.73 Å². The third-order valence-electron chi connectivity index (χ3n) is 3.95. The topological polar surface area (TPSA) is 70.1 Å². The van der Waals surface area contributed by atoms with Crippen LogP contribution in [-0.2, 0) is 11.3 Å². The van der Waals surface area contributed by atoms with E-state index in [0.29, 0.717) is 34.5 Å². The Morgan fingerprint density at radius 2 is 2.04 bits per heavy atom. The number of hydrogen-bond donors (Lipinski definition) is 1. The van der Waals surface area contributed by atoms with Gasteiger partial charge in [0.15, 0.2) is 11.6 Å². The summed E-state index contributed by atoms with van der Waals surface area (Å²) in [7, 11) is 0. The van der Waals surface area contributed by atoms with Gasteiger partial charge in [-0.3, -0.25) is 0 Å². The maximum atomic E-state index is 13.4. The molecule has 0 unspecified atom stereocenters. The Hall–Kier alpha value is -2.96. The van der Waals surface area contributed by atoms with Gasteiger partial charge >= 0.3 is 5.97 Å². The highest BCUT2D eigenvalue weighted by atomic mass is 19.2. The number of carbonyl (C=O) groups is 1. The summed E-state index contributed by atoms with van der Waals surface area (Å²) in [6.45, 7) is 3.93. The largest absolute Gasteiger partial charge is 0.462 e. The summed E-state index contributed by atoms with van der Waals surface area (Å²) in [5.74, 6) is -2.30. The average molecular weight is 345 g/mol. The number of anilines is 1. The molecular formula is C18H17F2N3O2. The molecule has 3 rings (SSSR count). The van der Waals surface area contributed by atoms with Crippen molar-refractivity contribution < 1.29 is 18.3 Å². The van der Waals surface area contributed by atoms with Crippen LogP contribution in [0.4, 0.5) is 14.5 Å². The number of fused-ring (bicyclic) bond motifs is 1. The molecular weight excluding hydrogens is 328 g/mol. The fourth-order valence-electron chi connectivity index (χ4n) is 2.77. The van der Waals surface area contributed by atoms with Crippen molar-refractivity contribution in [2.75, 3.05) is 12.3 Å². The van der Waals surface area contributed by atoms with Crippen LogP contribution in [0.3, 0.4) is 0 Å². The van der Waals surface area contributed by atoms with Gasteiger partial charge in [-0.15, -0.1) is 0 Å². The van der Waals surface area contributed by atoms with Crippen LogP contribution in [0.25, 0.3) is 11.0 Å². The third-order valence-corrected chi connectivity index (χ3v) is 3.95. The number of nitrogens with zero attached hydrogens (tertiary/aromatic N) is 2. The van der Waals surface area contributed by atoms with E-state index < -0.39 is 17.6 Å². The quantitative estimate of drug-likeness (QED) is 0.736. The Bertz CT molecular complexity index is 967. The molecule has 7 heteroatoms. The summed E-state index contributed by atoms with van der Waals surface area (Å²) in [5.41, 5.74) is 8.29. The zero-order valence-electron chi connectivity index (χ0n) is 13.8. The van der Waals surface area contributed by atoms with Crippen molar-refractivity contribution in [3.63, 3.8) is 0 Å². The Labute approximate surface area is 143 Å². The Kier molecular flexibility index (Phi) is 4.39. The van der Waals surface area contributed by atoms with Crippen molar-refractivity contribution in [1.82, 2.24) is 9.55 Å². The molecule has 0 aliphatic carbocycles. The van der Waals surface area contributed by atoms with E-state index in [0.717, 1.165) is 12.1 Å². The lowest BCUT2D eigenvalue weighted by Gasteiger charge is -2.11. The highest BCUT2D eigenvalue weighted by Crippen LogP contribution is 2.28. The number of ether oxygens (including phenoxy) is 1. The maximum absolute atomic E-state index is 13.4. The highest BCUT2D eigenvalue weighted by Gasteiger charge is 2.20. The molecule has 2 aromatic heterocycles. The molecule has 1 aromatic carbocycles. The standard InChI is InChI=1S/C18H17F2N3O2/c1-3-25-18(24)15-10(2)22-17-12(16(15)21)6-7-23(17)9-11-4-5-13(19)14(20)8-11/h4-8H,3,9H2,1-2H3,(H2,21,22). The molecule has 0 amide bonds. The number of aryl methyl sites for hydroxylation is 1. The molecule has 0 aliphatic heterocycles. The van der Waals surface area contributed by atoms with Crippen LogP contribution >= 0.6 is 0 Å². The second-order valence-corrected chi connectivity index (χ2v) is 5.64. The molecule has 0 radical (unpaired) electrons. The second-order valence-electron chi connectivity index (χ2n) is 5.64. The molecule has 0 saturated carbocycles. The first-order valence-corrected chi connectivity index (χ1v) is 7.78. The molecule has 2 N–H and O–H groups in total. The van der Waals surface area contributed by atoms with Crippen molar-refractivity contribution in [1.29, 1.82) is 0 Å². The lowest BCUT2D eigenvalue weighted by molar-refractivity contribution is 0.0526. The van der Waals surface area contributed by atoms with Gasteiger partial charge in [-0.2, -0.15) is 0 Å². The van der Waals surface area contributed by atoms with E-state index >= 15 is 0 Å². The van der Waals surface area contributed by atoms with Crippen molar-refractivity contribution in [2.24, 2.45) is 0 Å². The maximum Gasteiger partial charge on any atom is 0.342 e. The number of hydrogen-bond acceptors (Lipinski definition) is 4. The summed E-state index contributed by atoms with van der Waals surface area (Å²) in [4.78, 5) is 16.5. The minimum Gasteiger partial charge on any atom is -0.462 e. The second kappa shape index (κ2) is 6.51. The molecule has 0 saturated heterocycles. The number of halogens is 2. The number of esters is 1. The number of pyridine rings is 1. The highest BCUT2D eigenvalue weighted by molar-refractivity contribution is 6.04. The summed E-state index contributed by atoms with van der Waals surface area (Å²) in [6.07, 6.45) is 1.74. The van der Waals surface area contributed by atoms with Crippen LogP contribution in [0.1, 0.15) is 28.5 Å². The number of benzene rings is 1. The summed E-state index contributed by atoms with van der Waals surface area (Å²) in [5, 5.41) is 0.608. The molecule has 3 aromatic rings. The first-order valence-electron chi connectivity index (χ1n) is 7.78. The zero-order chi connectivity index (χ0) is 18.1. The van der Waals surface area contributed by atoms with Crippen molar-refractivity contribution in [3.8, 4) is 0 Å². The molecule has 25 heavy (non-hydrogen) atoms. The zero-order valence-corrected chi connectivity index (χ0v) is 13.8. The smallest absolute Gasteiger partial charge is 0.342 e. The summed E-state index contributed by atoms with van der Waals surface area (Å²) < 4.78 is 33.2. The van der Waals surface area contributed by atoms with E-state index in [1.165, 1.54) is 6.07 Å². The van der Waals surface area contributed by atoms with Crippen LogP contribution in [0.15, 0.2) is 30.5 Å². The first kappa shape index (κ1) is 16.9. The Morgan fingerprint density at radius 3 is 2.72 bits per heavy atom. The van der Waals surface area contributed by atoms with Gasteiger partial charge < -0.3 is 15.0 Å². The number of aromatic nitrogens is 2. The number of nitrogens with two attached hydrogens (primary N) is 1. The molecule has 0 bridgehead atoms. The van der Waals surface area contributed by atoms with Crippen molar-refractivity contribution in [2.45, 2.75) is 20.4 Å². The van der Waals surface area contributed by atoms with E-state index in [4.69, 9.17) is 10.5 Å². The van der Waals surface area contributed by atoms with Crippen LogP contribution in [0.5, 0.6) is 0 Å². The molecule has 2 heterocycles. The van der Waals surface area contributed by atoms with E-state index in [1.54, 1.807) is 30.7 Å². The minimum atomic E-state index is -0.901. The molecule has 5 nitrogen and oxygen atoms in total. The monoisotopic (exact) mass is 345 g/mol. The number of rotatable bonds is 4. The lowest BCUT2D eigenvalue weighted by atomic mass is 10.1. The van der Waals surface area contributed by atoms with Gasteiger partial charge in [0.05, 0.1) is 18.0 Å². The number of carbonyl (C=O) groups excluding carboxylic acids is 1. The fraction of sp³-hybridized carbons (Fsp3) is 0.222. The molecule has 130 valence electrons. The van der Waals surface area contributed by atoms with Crippen LogP contribution in [0, 0.1) is 18.6 Å². The van der Waals surface area contributed by atoms with Crippen molar-refractivity contribution in [3.05, 3.63) is 58.9 Å². The molecule has 0 fully saturated rings. The molecule has 0 spiro atoms. The minimum absolute atomic E-state index is 0.243. The van der Waals surface area contributed by atoms with Gasteiger partial charge in [-0.1, -0.05) is 6.07 Å². The van der Waals surface area contributed by atoms with Gasteiger partial charge in [0.25, 0.3) is 0 Å². The van der Waals surface area contributed by atoms with Gasteiger partial charge in [-0.25, -0.2) is 18.6 Å². The van der Waals surface area contributed by atoms with E-state index in [-0.39, 0.29) is 12.2 Å². The first-order chi connectivity index (χ1) is 11.9. The summed E-state index contributed by atoms with van der Waals surface area (Å²) in [6, 6.07) is 5.47. The van der Waals surface area contributed by atoms with Gasteiger partial charge in [0.1, 0.15) is 11.2 Å². The molecule has 0 atom stereocenters. The predicted octanol–water partition coefficient (Wildman–Crippen LogP) is 3.43. The van der Waals surface area contributed by atoms with E-state index in [1.807, 2.05) is 0 Å².